The topological polar surface area (TPSA) is 81.1 Å². The van der Waals surface area contributed by atoms with Crippen LogP contribution in [0.25, 0.3) is 11.1 Å². The van der Waals surface area contributed by atoms with Gasteiger partial charge in [0.05, 0.1) is 10.0 Å². The van der Waals surface area contributed by atoms with Gasteiger partial charge in [0.25, 0.3) is 0 Å². The number of benzene rings is 1. The monoisotopic (exact) mass is 377 g/mol. The van der Waals surface area contributed by atoms with E-state index in [4.69, 9.17) is 34.7 Å². The number of nitrogens with two attached hydrogens (primary N) is 2. The smallest absolute Gasteiger partial charge is 0.227 e. The molecule has 1 aliphatic carbocycles. The van der Waals surface area contributed by atoms with E-state index in [0.29, 0.717) is 33.3 Å². The van der Waals surface area contributed by atoms with Crippen LogP contribution in [0.3, 0.4) is 0 Å². The number of anilines is 2. The quantitative estimate of drug-likeness (QED) is 0.853. The molecule has 2 aromatic rings. The van der Waals surface area contributed by atoms with Crippen molar-refractivity contribution >= 4 is 35.0 Å². The largest absolute Gasteiger partial charge is 0.383 e. The number of halogens is 2. The summed E-state index contributed by atoms with van der Waals surface area (Å²) >= 11 is 12.4. The van der Waals surface area contributed by atoms with E-state index >= 15 is 0 Å². The maximum atomic E-state index is 6.30. The normalized spacial score (nSPS) is 25.4. The van der Waals surface area contributed by atoms with Crippen LogP contribution >= 0.6 is 23.2 Å². The predicted molar refractivity (Wildman–Crippen MR) is 103 cm³/mol. The van der Waals surface area contributed by atoms with Gasteiger partial charge < -0.3 is 16.4 Å². The highest BCUT2D eigenvalue weighted by Crippen LogP contribution is 2.48. The van der Waals surface area contributed by atoms with Gasteiger partial charge in [0, 0.05) is 35.8 Å². The SMILES string of the molecule is NC[C@]12CCC[C@H]1CN(c1ncc(-c3cccc(Cl)c3Cl)c(N)n1)C2. The molecular formula is C18H21Cl2N5. The Bertz CT molecular complexity index is 812. The van der Waals surface area contributed by atoms with E-state index in [9.17, 15) is 0 Å². The first-order valence-corrected chi connectivity index (χ1v) is 9.31. The van der Waals surface area contributed by atoms with Gasteiger partial charge in [0.15, 0.2) is 0 Å². The Labute approximate surface area is 157 Å². The van der Waals surface area contributed by atoms with Crippen LogP contribution in [-0.4, -0.2) is 29.6 Å². The standard InChI is InChI=1S/C18H21Cl2N5/c19-14-5-1-4-12(15(14)20)13-7-23-17(24-16(13)22)25-8-11-3-2-6-18(11,9-21)10-25/h1,4-5,7,11H,2-3,6,8-10,21H2,(H2,22,23,24)/t11-,18-/m0/s1. The molecule has 1 saturated carbocycles. The van der Waals surface area contributed by atoms with E-state index in [-0.39, 0.29) is 5.41 Å². The van der Waals surface area contributed by atoms with Gasteiger partial charge in [0.1, 0.15) is 5.82 Å². The molecule has 132 valence electrons. The average molecular weight is 378 g/mol. The minimum atomic E-state index is 0.215. The van der Waals surface area contributed by atoms with E-state index in [1.807, 2.05) is 12.1 Å². The fraction of sp³-hybridized carbons (Fsp3) is 0.444. The summed E-state index contributed by atoms with van der Waals surface area (Å²) < 4.78 is 0. The molecule has 0 spiro atoms. The molecule has 1 aromatic carbocycles. The van der Waals surface area contributed by atoms with Crippen LogP contribution in [0.1, 0.15) is 19.3 Å². The lowest BCUT2D eigenvalue weighted by atomic mass is 9.81. The van der Waals surface area contributed by atoms with Crippen molar-refractivity contribution in [3.8, 4) is 11.1 Å². The second-order valence-corrected chi connectivity index (χ2v) is 7.89. The molecular weight excluding hydrogens is 357 g/mol. The number of fused-ring (bicyclic) bond motifs is 1. The molecule has 2 fully saturated rings. The van der Waals surface area contributed by atoms with Crippen LogP contribution in [0.15, 0.2) is 24.4 Å². The summed E-state index contributed by atoms with van der Waals surface area (Å²) in [6.07, 6.45) is 5.43. The van der Waals surface area contributed by atoms with Gasteiger partial charge in [-0.3, -0.25) is 0 Å². The number of aromatic nitrogens is 2. The van der Waals surface area contributed by atoms with Crippen LogP contribution in [0.2, 0.25) is 10.0 Å². The van der Waals surface area contributed by atoms with Gasteiger partial charge in [-0.1, -0.05) is 41.8 Å². The molecule has 0 bridgehead atoms. The number of hydrogen-bond donors (Lipinski definition) is 2. The highest BCUT2D eigenvalue weighted by molar-refractivity contribution is 6.43. The van der Waals surface area contributed by atoms with Crippen molar-refractivity contribution in [3.63, 3.8) is 0 Å². The zero-order valence-electron chi connectivity index (χ0n) is 13.9. The van der Waals surface area contributed by atoms with Crippen LogP contribution in [0, 0.1) is 11.3 Å². The first-order valence-electron chi connectivity index (χ1n) is 8.56. The lowest BCUT2D eigenvalue weighted by Gasteiger charge is -2.26. The molecule has 0 amide bonds. The average Bonchev–Trinajstić information content (AvgIpc) is 3.15. The Balaban J connectivity index is 1.64. The Hall–Kier alpha value is -1.56. The summed E-state index contributed by atoms with van der Waals surface area (Å²) in [4.78, 5) is 11.3. The highest BCUT2D eigenvalue weighted by Gasteiger charge is 2.49. The molecule has 0 unspecified atom stereocenters. The van der Waals surface area contributed by atoms with E-state index in [0.717, 1.165) is 25.2 Å². The number of rotatable bonds is 3. The van der Waals surface area contributed by atoms with Gasteiger partial charge in [-0.25, -0.2) is 4.98 Å². The van der Waals surface area contributed by atoms with Crippen LogP contribution in [-0.2, 0) is 0 Å². The maximum absolute atomic E-state index is 6.30. The number of nitrogens with zero attached hydrogens (tertiary/aromatic N) is 3. The molecule has 1 saturated heterocycles. The molecule has 1 aromatic heterocycles. The maximum Gasteiger partial charge on any atom is 0.227 e. The summed E-state index contributed by atoms with van der Waals surface area (Å²) in [5, 5.41) is 0.949. The molecule has 5 nitrogen and oxygen atoms in total. The molecule has 2 heterocycles. The second-order valence-electron chi connectivity index (χ2n) is 7.11. The van der Waals surface area contributed by atoms with Crippen molar-refractivity contribution < 1.29 is 0 Å². The van der Waals surface area contributed by atoms with Crippen molar-refractivity contribution in [1.82, 2.24) is 9.97 Å². The minimum Gasteiger partial charge on any atom is -0.383 e. The Morgan fingerprint density at radius 2 is 2.12 bits per heavy atom. The van der Waals surface area contributed by atoms with Crippen molar-refractivity contribution in [1.29, 1.82) is 0 Å². The van der Waals surface area contributed by atoms with E-state index in [1.54, 1.807) is 12.3 Å². The third-order valence-electron chi connectivity index (χ3n) is 5.78. The molecule has 1 aliphatic heterocycles. The van der Waals surface area contributed by atoms with E-state index in [2.05, 4.69) is 14.9 Å². The summed E-state index contributed by atoms with van der Waals surface area (Å²) in [5.41, 5.74) is 14.0. The second kappa shape index (κ2) is 6.31. The summed E-state index contributed by atoms with van der Waals surface area (Å²) in [6.45, 7) is 2.58. The molecule has 0 radical (unpaired) electrons. The third kappa shape index (κ3) is 2.75. The molecule has 2 atom stereocenters. The first-order chi connectivity index (χ1) is 12.0. The summed E-state index contributed by atoms with van der Waals surface area (Å²) in [5.74, 6) is 1.71. The van der Waals surface area contributed by atoms with Crippen molar-refractivity contribution in [2.45, 2.75) is 19.3 Å². The van der Waals surface area contributed by atoms with Gasteiger partial charge >= 0.3 is 0 Å². The Morgan fingerprint density at radius 1 is 1.28 bits per heavy atom. The Morgan fingerprint density at radius 3 is 2.84 bits per heavy atom. The molecule has 25 heavy (non-hydrogen) atoms. The molecule has 4 rings (SSSR count). The van der Waals surface area contributed by atoms with Gasteiger partial charge in [-0.15, -0.1) is 0 Å². The number of hydrogen-bond acceptors (Lipinski definition) is 5. The fourth-order valence-electron chi connectivity index (χ4n) is 4.36. The van der Waals surface area contributed by atoms with Crippen LogP contribution in [0.5, 0.6) is 0 Å². The summed E-state index contributed by atoms with van der Waals surface area (Å²) in [7, 11) is 0. The van der Waals surface area contributed by atoms with Crippen LogP contribution in [0.4, 0.5) is 11.8 Å². The van der Waals surface area contributed by atoms with Gasteiger partial charge in [-0.2, -0.15) is 4.98 Å². The summed E-state index contributed by atoms with van der Waals surface area (Å²) in [6, 6.07) is 5.45. The molecule has 2 aliphatic rings. The van der Waals surface area contributed by atoms with Crippen molar-refractivity contribution in [2.75, 3.05) is 30.3 Å². The lowest BCUT2D eigenvalue weighted by Crippen LogP contribution is -2.35. The van der Waals surface area contributed by atoms with E-state index < -0.39 is 0 Å². The zero-order valence-corrected chi connectivity index (χ0v) is 15.4. The molecule has 7 heteroatoms. The predicted octanol–water partition coefficient (Wildman–Crippen LogP) is 3.60. The Kier molecular flexibility index (Phi) is 4.26. The van der Waals surface area contributed by atoms with Gasteiger partial charge in [0.2, 0.25) is 5.95 Å². The first kappa shape index (κ1) is 16.9. The minimum absolute atomic E-state index is 0.215. The fourth-order valence-corrected chi connectivity index (χ4v) is 4.76. The number of nitrogen functional groups attached to an aromatic ring is 1. The molecule has 4 N–H and O–H groups in total. The van der Waals surface area contributed by atoms with Crippen molar-refractivity contribution in [3.05, 3.63) is 34.4 Å². The third-order valence-corrected chi connectivity index (χ3v) is 6.60. The van der Waals surface area contributed by atoms with Crippen molar-refractivity contribution in [2.24, 2.45) is 17.1 Å². The van der Waals surface area contributed by atoms with Crippen LogP contribution < -0.4 is 16.4 Å². The van der Waals surface area contributed by atoms with E-state index in [1.165, 1.54) is 19.3 Å². The zero-order chi connectivity index (χ0) is 17.6. The lowest BCUT2D eigenvalue weighted by molar-refractivity contribution is 0.282. The highest BCUT2D eigenvalue weighted by atomic mass is 35.5. The van der Waals surface area contributed by atoms with Gasteiger partial charge in [-0.05, 0) is 31.4 Å².